The zero-order valence-electron chi connectivity index (χ0n) is 11.0. The molecule has 0 spiro atoms. The van der Waals surface area contributed by atoms with Crippen molar-refractivity contribution >= 4 is 5.57 Å². The van der Waals surface area contributed by atoms with Gasteiger partial charge in [0.2, 0.25) is 0 Å². The van der Waals surface area contributed by atoms with Crippen molar-refractivity contribution in [1.82, 2.24) is 14.8 Å². The molecule has 1 aliphatic carbocycles. The van der Waals surface area contributed by atoms with Gasteiger partial charge in [-0.3, -0.25) is 0 Å². The molecule has 0 fully saturated rings. The first-order chi connectivity index (χ1) is 9.65. The summed E-state index contributed by atoms with van der Waals surface area (Å²) in [5, 5.41) is 4.21. The monoisotopic (exact) mass is 273 g/mol. The van der Waals surface area contributed by atoms with Crippen LogP contribution in [0.3, 0.4) is 0 Å². The Morgan fingerprint density at radius 3 is 2.75 bits per heavy atom. The van der Waals surface area contributed by atoms with Crippen molar-refractivity contribution in [2.24, 2.45) is 0 Å². The second kappa shape index (κ2) is 5.00. The van der Waals surface area contributed by atoms with E-state index in [1.165, 1.54) is 16.8 Å². The number of rotatable bonds is 2. The Bertz CT molecular complexity index is 714. The number of aryl methyl sites for hydroxylation is 1. The van der Waals surface area contributed by atoms with Crippen LogP contribution >= 0.6 is 0 Å². The molecule has 1 aliphatic rings. The number of hydrogen-bond donors (Lipinski definition) is 0. The highest BCUT2D eigenvalue weighted by Gasteiger charge is 2.16. The first kappa shape index (κ1) is 12.7. The van der Waals surface area contributed by atoms with Gasteiger partial charge in [0, 0.05) is 11.6 Å². The molecular formula is C15H13F2N3. The van der Waals surface area contributed by atoms with E-state index < -0.39 is 11.6 Å². The summed E-state index contributed by atoms with van der Waals surface area (Å²) in [6, 6.07) is 3.43. The molecule has 0 unspecified atom stereocenters. The third-order valence-corrected chi connectivity index (χ3v) is 3.10. The van der Waals surface area contributed by atoms with E-state index in [9.17, 15) is 8.78 Å². The van der Waals surface area contributed by atoms with Crippen LogP contribution in [-0.4, -0.2) is 14.8 Å². The zero-order chi connectivity index (χ0) is 14.1. The highest BCUT2D eigenvalue weighted by Crippen LogP contribution is 2.24. The van der Waals surface area contributed by atoms with E-state index in [0.29, 0.717) is 11.6 Å². The fourth-order valence-electron chi connectivity index (χ4n) is 2.20. The second-order valence-corrected chi connectivity index (χ2v) is 4.63. The molecule has 0 saturated carbocycles. The molecule has 1 aromatic carbocycles. The topological polar surface area (TPSA) is 30.7 Å². The summed E-state index contributed by atoms with van der Waals surface area (Å²) in [6.07, 6.45) is 7.95. The first-order valence-electron chi connectivity index (χ1n) is 6.41. The van der Waals surface area contributed by atoms with Crippen molar-refractivity contribution in [3.8, 4) is 5.69 Å². The predicted molar refractivity (Wildman–Crippen MR) is 72.4 cm³/mol. The van der Waals surface area contributed by atoms with E-state index >= 15 is 0 Å². The molecule has 0 atom stereocenters. The Balaban J connectivity index is 2.14. The maximum Gasteiger partial charge on any atom is 0.163 e. The van der Waals surface area contributed by atoms with Crippen molar-refractivity contribution in [1.29, 1.82) is 0 Å². The third-order valence-electron chi connectivity index (χ3n) is 3.10. The molecule has 0 aliphatic heterocycles. The van der Waals surface area contributed by atoms with Gasteiger partial charge in [0.1, 0.15) is 17.3 Å². The van der Waals surface area contributed by atoms with Gasteiger partial charge in [-0.15, -0.1) is 0 Å². The van der Waals surface area contributed by atoms with Gasteiger partial charge in [0.25, 0.3) is 0 Å². The Morgan fingerprint density at radius 2 is 2.05 bits per heavy atom. The highest BCUT2D eigenvalue weighted by atomic mass is 19.1. The molecular weight excluding hydrogens is 260 g/mol. The maximum atomic E-state index is 13.9. The minimum absolute atomic E-state index is 0.196. The lowest BCUT2D eigenvalue weighted by atomic mass is 10.1. The summed E-state index contributed by atoms with van der Waals surface area (Å²) < 4.78 is 28.4. The largest absolute Gasteiger partial charge is 0.212 e. The molecule has 1 aromatic heterocycles. The van der Waals surface area contributed by atoms with Crippen molar-refractivity contribution < 1.29 is 8.78 Å². The summed E-state index contributed by atoms with van der Waals surface area (Å²) in [4.78, 5) is 4.35. The van der Waals surface area contributed by atoms with Gasteiger partial charge in [-0.25, -0.2) is 18.4 Å². The lowest BCUT2D eigenvalue weighted by Crippen LogP contribution is -2.05. The van der Waals surface area contributed by atoms with Gasteiger partial charge >= 0.3 is 0 Å². The molecule has 3 nitrogen and oxygen atoms in total. The lowest BCUT2D eigenvalue weighted by molar-refractivity contribution is 0.573. The van der Waals surface area contributed by atoms with Crippen LogP contribution in [0.4, 0.5) is 8.78 Å². The van der Waals surface area contributed by atoms with Crippen LogP contribution in [0.2, 0.25) is 0 Å². The quantitative estimate of drug-likeness (QED) is 0.837. The molecule has 0 saturated heterocycles. The number of aromatic nitrogens is 3. The van der Waals surface area contributed by atoms with Gasteiger partial charge < -0.3 is 0 Å². The normalized spacial score (nSPS) is 14.4. The Labute approximate surface area is 115 Å². The number of benzene rings is 1. The Hall–Kier alpha value is -2.30. The van der Waals surface area contributed by atoms with Crippen LogP contribution in [0.5, 0.6) is 0 Å². The summed E-state index contributed by atoms with van der Waals surface area (Å²) in [6.45, 7) is 1.74. The molecule has 20 heavy (non-hydrogen) atoms. The molecule has 0 radical (unpaired) electrons. The van der Waals surface area contributed by atoms with Crippen LogP contribution in [0.1, 0.15) is 24.5 Å². The molecule has 0 bridgehead atoms. The van der Waals surface area contributed by atoms with E-state index in [1.807, 2.05) is 18.2 Å². The lowest BCUT2D eigenvalue weighted by Gasteiger charge is -2.09. The van der Waals surface area contributed by atoms with Gasteiger partial charge in [0.05, 0.1) is 0 Å². The van der Waals surface area contributed by atoms with Gasteiger partial charge in [-0.2, -0.15) is 5.10 Å². The summed E-state index contributed by atoms with van der Waals surface area (Å²) >= 11 is 0. The SMILES string of the molecule is Cc1nc(C2=CCCC=C2)n(-c2ccc(F)cc2F)n1. The van der Waals surface area contributed by atoms with Crippen molar-refractivity contribution in [3.05, 3.63) is 59.7 Å². The highest BCUT2D eigenvalue weighted by molar-refractivity contribution is 5.71. The molecule has 3 rings (SSSR count). The Kier molecular flexibility index (Phi) is 3.18. The molecule has 102 valence electrons. The Morgan fingerprint density at radius 1 is 1.20 bits per heavy atom. The van der Waals surface area contributed by atoms with E-state index in [2.05, 4.69) is 10.1 Å². The second-order valence-electron chi connectivity index (χ2n) is 4.63. The van der Waals surface area contributed by atoms with Crippen LogP contribution < -0.4 is 0 Å². The smallest absolute Gasteiger partial charge is 0.163 e. The van der Waals surface area contributed by atoms with Crippen molar-refractivity contribution in [2.75, 3.05) is 0 Å². The number of halogens is 2. The van der Waals surface area contributed by atoms with Crippen LogP contribution in [0.15, 0.2) is 36.4 Å². The molecule has 1 heterocycles. The fraction of sp³-hybridized carbons (Fsp3) is 0.200. The average molecular weight is 273 g/mol. The first-order valence-corrected chi connectivity index (χ1v) is 6.41. The molecule has 5 heteroatoms. The van der Waals surface area contributed by atoms with Gasteiger partial charge in [0.15, 0.2) is 11.6 Å². The average Bonchev–Trinajstić information content (AvgIpc) is 2.81. The fourth-order valence-corrected chi connectivity index (χ4v) is 2.20. The van der Waals surface area contributed by atoms with E-state index in [-0.39, 0.29) is 5.69 Å². The maximum absolute atomic E-state index is 13.9. The van der Waals surface area contributed by atoms with E-state index in [4.69, 9.17) is 0 Å². The standard InChI is InChI=1S/C15H13F2N3/c1-10-18-15(11-5-3-2-4-6-11)20(19-10)14-8-7-12(16)9-13(14)17/h3,5-9H,2,4H2,1H3. The minimum atomic E-state index is -0.656. The van der Waals surface area contributed by atoms with Crippen molar-refractivity contribution in [2.45, 2.75) is 19.8 Å². The van der Waals surface area contributed by atoms with E-state index in [1.54, 1.807) is 6.92 Å². The minimum Gasteiger partial charge on any atom is -0.212 e. The molecule has 0 N–H and O–H groups in total. The van der Waals surface area contributed by atoms with Crippen LogP contribution in [-0.2, 0) is 0 Å². The van der Waals surface area contributed by atoms with Crippen LogP contribution in [0, 0.1) is 18.6 Å². The summed E-state index contributed by atoms with van der Waals surface area (Å²) in [5.74, 6) is -0.148. The third kappa shape index (κ3) is 2.27. The van der Waals surface area contributed by atoms with Gasteiger partial charge in [-0.1, -0.05) is 18.2 Å². The molecule has 2 aromatic rings. The van der Waals surface area contributed by atoms with Crippen molar-refractivity contribution in [3.63, 3.8) is 0 Å². The van der Waals surface area contributed by atoms with Crippen LogP contribution in [0.25, 0.3) is 11.3 Å². The summed E-state index contributed by atoms with van der Waals surface area (Å²) in [5.41, 5.74) is 1.10. The van der Waals surface area contributed by atoms with Gasteiger partial charge in [-0.05, 0) is 31.9 Å². The summed E-state index contributed by atoms with van der Waals surface area (Å²) in [7, 11) is 0. The number of allylic oxidation sites excluding steroid dienone is 4. The predicted octanol–water partition coefficient (Wildman–Crippen LogP) is 3.59. The molecule has 0 amide bonds. The number of hydrogen-bond acceptors (Lipinski definition) is 2. The van der Waals surface area contributed by atoms with E-state index in [0.717, 1.165) is 24.5 Å². The number of nitrogens with zero attached hydrogens (tertiary/aromatic N) is 3. The zero-order valence-corrected chi connectivity index (χ0v) is 11.0.